The predicted molar refractivity (Wildman–Crippen MR) is 89.3 cm³/mol. The molecular weight excluding hydrogens is 342 g/mol. The summed E-state index contributed by atoms with van der Waals surface area (Å²) in [6.45, 7) is 0.600. The van der Waals surface area contributed by atoms with Gasteiger partial charge >= 0.3 is 5.97 Å². The molecule has 9 heteroatoms. The third kappa shape index (κ3) is 4.09. The van der Waals surface area contributed by atoms with Gasteiger partial charge in [0.05, 0.1) is 18.4 Å². The van der Waals surface area contributed by atoms with Gasteiger partial charge in [-0.3, -0.25) is 24.1 Å². The van der Waals surface area contributed by atoms with Crippen LogP contribution in [0.2, 0.25) is 0 Å². The summed E-state index contributed by atoms with van der Waals surface area (Å²) in [4.78, 5) is 62.2. The largest absolute Gasteiger partial charge is 0.454 e. The van der Waals surface area contributed by atoms with Gasteiger partial charge in [0.25, 0.3) is 5.91 Å². The van der Waals surface area contributed by atoms with Crippen molar-refractivity contribution >= 4 is 29.6 Å². The standard InChI is InChI=1S/C17H23N3O6/c1-10(17(25)26-9-13(21)18-8-14(22)19(2)3)20-15(23)11-6-4-5-7-12(11)16(20)24/h4-5,10-12H,6-9H2,1-3H3,(H,18,21)/t10-,11+,12+/m0/s1. The summed E-state index contributed by atoms with van der Waals surface area (Å²) >= 11 is 0. The summed E-state index contributed by atoms with van der Waals surface area (Å²) in [6, 6.07) is -1.10. The maximum atomic E-state index is 12.4. The quantitative estimate of drug-likeness (QED) is 0.370. The molecule has 1 heterocycles. The van der Waals surface area contributed by atoms with Crippen molar-refractivity contribution < 1.29 is 28.7 Å². The molecule has 1 saturated heterocycles. The fraction of sp³-hybridized carbons (Fsp3) is 0.588. The number of allylic oxidation sites excluding steroid dienone is 2. The molecule has 0 aromatic rings. The number of likely N-dealkylation sites (N-methyl/N-ethyl adjacent to an activating group) is 1. The molecule has 3 atom stereocenters. The number of amides is 4. The molecule has 0 radical (unpaired) electrons. The van der Waals surface area contributed by atoms with Crippen molar-refractivity contribution in [3.05, 3.63) is 12.2 Å². The maximum absolute atomic E-state index is 12.4. The van der Waals surface area contributed by atoms with Gasteiger partial charge in [-0.25, -0.2) is 4.79 Å². The van der Waals surface area contributed by atoms with Crippen molar-refractivity contribution in [3.8, 4) is 0 Å². The second kappa shape index (κ2) is 8.11. The molecule has 1 N–H and O–H groups in total. The Morgan fingerprint density at radius 1 is 1.19 bits per heavy atom. The van der Waals surface area contributed by atoms with Crippen molar-refractivity contribution in [2.75, 3.05) is 27.2 Å². The Hall–Kier alpha value is -2.71. The van der Waals surface area contributed by atoms with E-state index >= 15 is 0 Å². The number of fused-ring (bicyclic) bond motifs is 1. The molecule has 142 valence electrons. The maximum Gasteiger partial charge on any atom is 0.329 e. The van der Waals surface area contributed by atoms with Gasteiger partial charge in [0.2, 0.25) is 17.7 Å². The van der Waals surface area contributed by atoms with E-state index in [0.717, 1.165) is 4.90 Å². The van der Waals surface area contributed by atoms with Gasteiger partial charge in [-0.15, -0.1) is 0 Å². The van der Waals surface area contributed by atoms with Crippen LogP contribution in [0.4, 0.5) is 0 Å². The lowest BCUT2D eigenvalue weighted by Crippen LogP contribution is -2.45. The molecule has 4 amide bonds. The van der Waals surface area contributed by atoms with Crippen LogP contribution in [0.5, 0.6) is 0 Å². The van der Waals surface area contributed by atoms with Crippen LogP contribution in [-0.4, -0.2) is 72.7 Å². The second-order valence-electron chi connectivity index (χ2n) is 6.55. The molecule has 0 aromatic heterocycles. The Labute approximate surface area is 151 Å². The Balaban J connectivity index is 1.86. The number of esters is 1. The zero-order valence-electron chi connectivity index (χ0n) is 15.1. The molecular formula is C17H23N3O6. The number of nitrogens with zero attached hydrogens (tertiary/aromatic N) is 2. The summed E-state index contributed by atoms with van der Waals surface area (Å²) in [5, 5.41) is 2.32. The van der Waals surface area contributed by atoms with Crippen LogP contribution < -0.4 is 5.32 Å². The predicted octanol–water partition coefficient (Wildman–Crippen LogP) is -0.926. The van der Waals surface area contributed by atoms with Gasteiger partial charge in [0.1, 0.15) is 6.04 Å². The highest BCUT2D eigenvalue weighted by Gasteiger charge is 2.50. The van der Waals surface area contributed by atoms with Crippen molar-refractivity contribution in [1.29, 1.82) is 0 Å². The van der Waals surface area contributed by atoms with E-state index in [1.54, 1.807) is 14.1 Å². The van der Waals surface area contributed by atoms with Crippen LogP contribution in [0.1, 0.15) is 19.8 Å². The molecule has 9 nitrogen and oxygen atoms in total. The Bertz CT molecular complexity index is 631. The van der Waals surface area contributed by atoms with E-state index in [1.807, 2.05) is 12.2 Å². The van der Waals surface area contributed by atoms with E-state index in [2.05, 4.69) is 5.32 Å². The molecule has 0 unspecified atom stereocenters. The van der Waals surface area contributed by atoms with Gasteiger partial charge in [-0.05, 0) is 19.8 Å². The average Bonchev–Trinajstić information content (AvgIpc) is 2.88. The SMILES string of the molecule is C[C@@H](C(=O)OCC(=O)NCC(=O)N(C)C)N1C(=O)[C@@H]2CC=CC[C@H]2C1=O. The first-order valence-electron chi connectivity index (χ1n) is 8.39. The van der Waals surface area contributed by atoms with Gasteiger partial charge in [-0.1, -0.05) is 12.2 Å². The van der Waals surface area contributed by atoms with Crippen molar-refractivity contribution in [2.24, 2.45) is 11.8 Å². The Morgan fingerprint density at radius 2 is 1.73 bits per heavy atom. The van der Waals surface area contributed by atoms with E-state index in [9.17, 15) is 24.0 Å². The molecule has 2 aliphatic rings. The van der Waals surface area contributed by atoms with E-state index in [4.69, 9.17) is 4.74 Å². The summed E-state index contributed by atoms with van der Waals surface area (Å²) in [5.74, 6) is -3.40. The van der Waals surface area contributed by atoms with Gasteiger partial charge in [0, 0.05) is 14.1 Å². The number of hydrogen-bond acceptors (Lipinski definition) is 6. The molecule has 1 fully saturated rings. The molecule has 0 spiro atoms. The van der Waals surface area contributed by atoms with Crippen LogP contribution in [0.15, 0.2) is 12.2 Å². The lowest BCUT2D eigenvalue weighted by atomic mass is 9.85. The zero-order valence-corrected chi connectivity index (χ0v) is 15.1. The van der Waals surface area contributed by atoms with Crippen LogP contribution >= 0.6 is 0 Å². The molecule has 1 aliphatic heterocycles. The summed E-state index contributed by atoms with van der Waals surface area (Å²) in [6.07, 6.45) is 4.68. The lowest BCUT2D eigenvalue weighted by molar-refractivity contribution is -0.159. The molecule has 1 aliphatic carbocycles. The number of ether oxygens (including phenoxy) is 1. The van der Waals surface area contributed by atoms with E-state index in [-0.39, 0.29) is 24.3 Å². The minimum atomic E-state index is -1.10. The monoisotopic (exact) mass is 365 g/mol. The number of carbonyl (C=O) groups excluding carboxylic acids is 5. The van der Waals surface area contributed by atoms with Gasteiger partial charge < -0.3 is 15.0 Å². The van der Waals surface area contributed by atoms with Crippen LogP contribution in [0, 0.1) is 11.8 Å². The van der Waals surface area contributed by atoms with Gasteiger partial charge in [-0.2, -0.15) is 0 Å². The number of hydrogen-bond donors (Lipinski definition) is 1. The molecule has 26 heavy (non-hydrogen) atoms. The number of imide groups is 1. The highest BCUT2D eigenvalue weighted by molar-refractivity contribution is 6.08. The molecule has 0 bridgehead atoms. The second-order valence-corrected chi connectivity index (χ2v) is 6.55. The number of rotatable bonds is 6. The molecule has 2 rings (SSSR count). The number of carbonyl (C=O) groups is 5. The highest BCUT2D eigenvalue weighted by atomic mass is 16.5. The minimum absolute atomic E-state index is 0.210. The number of nitrogens with one attached hydrogen (secondary N) is 1. The summed E-state index contributed by atoms with van der Waals surface area (Å²) < 4.78 is 4.88. The zero-order chi connectivity index (χ0) is 19.4. The van der Waals surface area contributed by atoms with Crippen molar-refractivity contribution in [1.82, 2.24) is 15.1 Å². The van der Waals surface area contributed by atoms with Crippen molar-refractivity contribution in [2.45, 2.75) is 25.8 Å². The average molecular weight is 365 g/mol. The smallest absolute Gasteiger partial charge is 0.329 e. The first-order valence-corrected chi connectivity index (χ1v) is 8.39. The number of likely N-dealkylation sites (tertiary alicyclic amines) is 1. The Morgan fingerprint density at radius 3 is 2.23 bits per heavy atom. The normalized spacial score (nSPS) is 22.7. The van der Waals surface area contributed by atoms with Crippen LogP contribution in [0.25, 0.3) is 0 Å². The minimum Gasteiger partial charge on any atom is -0.454 e. The first-order chi connectivity index (χ1) is 12.2. The van der Waals surface area contributed by atoms with E-state index in [1.165, 1.54) is 11.8 Å². The first kappa shape index (κ1) is 19.6. The Kier molecular flexibility index (Phi) is 6.12. The topological polar surface area (TPSA) is 113 Å². The highest BCUT2D eigenvalue weighted by Crippen LogP contribution is 2.36. The van der Waals surface area contributed by atoms with E-state index < -0.39 is 36.4 Å². The van der Waals surface area contributed by atoms with Gasteiger partial charge in [0.15, 0.2) is 6.61 Å². The fourth-order valence-corrected chi connectivity index (χ4v) is 2.95. The molecule has 0 saturated carbocycles. The summed E-state index contributed by atoms with van der Waals surface area (Å²) in [5.41, 5.74) is 0. The lowest BCUT2D eigenvalue weighted by Gasteiger charge is -2.21. The molecule has 0 aromatic carbocycles. The van der Waals surface area contributed by atoms with Crippen LogP contribution in [-0.2, 0) is 28.7 Å². The third-order valence-electron chi connectivity index (χ3n) is 4.55. The van der Waals surface area contributed by atoms with E-state index in [0.29, 0.717) is 12.8 Å². The third-order valence-corrected chi connectivity index (χ3v) is 4.55. The van der Waals surface area contributed by atoms with Crippen molar-refractivity contribution in [3.63, 3.8) is 0 Å². The van der Waals surface area contributed by atoms with Crippen LogP contribution in [0.3, 0.4) is 0 Å². The summed E-state index contributed by atoms with van der Waals surface area (Å²) in [7, 11) is 3.10. The fourth-order valence-electron chi connectivity index (χ4n) is 2.95.